The molecule has 1 unspecified atom stereocenters. The highest BCUT2D eigenvalue weighted by Crippen LogP contribution is 2.13. The molecule has 0 aliphatic carbocycles. The molecule has 0 radical (unpaired) electrons. The van der Waals surface area contributed by atoms with E-state index in [1.165, 1.54) is 6.26 Å². The van der Waals surface area contributed by atoms with Gasteiger partial charge in [-0.25, -0.2) is 8.42 Å². The van der Waals surface area contributed by atoms with Crippen molar-refractivity contribution in [1.82, 2.24) is 10.6 Å². The lowest BCUT2D eigenvalue weighted by Gasteiger charge is -2.28. The van der Waals surface area contributed by atoms with Gasteiger partial charge in [-0.1, -0.05) is 0 Å². The third kappa shape index (κ3) is 7.01. The first-order chi connectivity index (χ1) is 7.35. The molecule has 0 aliphatic heterocycles. The molecule has 0 spiro atoms. The standard InChI is InChI=1S/C12H28N2O2S/c1-10(8-14-11(2,3)4)13-9-12(5,6)17(7,15)16/h10,13-14H,8-9H2,1-7H3. The van der Waals surface area contributed by atoms with Crippen LogP contribution in [0.15, 0.2) is 0 Å². The van der Waals surface area contributed by atoms with Gasteiger partial charge >= 0.3 is 0 Å². The van der Waals surface area contributed by atoms with Gasteiger partial charge in [0.05, 0.1) is 4.75 Å². The number of hydrogen-bond acceptors (Lipinski definition) is 4. The van der Waals surface area contributed by atoms with Crippen LogP contribution in [0.2, 0.25) is 0 Å². The van der Waals surface area contributed by atoms with Crippen molar-refractivity contribution in [3.63, 3.8) is 0 Å². The van der Waals surface area contributed by atoms with Crippen molar-refractivity contribution in [2.24, 2.45) is 0 Å². The largest absolute Gasteiger partial charge is 0.311 e. The highest BCUT2D eigenvalue weighted by Gasteiger charge is 2.30. The van der Waals surface area contributed by atoms with Crippen LogP contribution in [0.3, 0.4) is 0 Å². The van der Waals surface area contributed by atoms with Gasteiger partial charge < -0.3 is 10.6 Å². The van der Waals surface area contributed by atoms with E-state index in [9.17, 15) is 8.42 Å². The first kappa shape index (κ1) is 16.9. The molecule has 0 fully saturated rings. The third-order valence-electron chi connectivity index (χ3n) is 2.82. The smallest absolute Gasteiger partial charge is 0.153 e. The second-order valence-electron chi connectivity index (χ2n) is 6.44. The Morgan fingerprint density at radius 1 is 1.12 bits per heavy atom. The fourth-order valence-corrected chi connectivity index (χ4v) is 1.43. The number of sulfone groups is 1. The van der Waals surface area contributed by atoms with Crippen LogP contribution in [0.25, 0.3) is 0 Å². The SMILES string of the molecule is CC(CNC(C)(C)C)NCC(C)(C)S(C)(=O)=O. The molecule has 0 aromatic heterocycles. The Hall–Kier alpha value is -0.130. The zero-order valence-corrected chi connectivity index (χ0v) is 13.0. The summed E-state index contributed by atoms with van der Waals surface area (Å²) in [4.78, 5) is 0. The Kier molecular flexibility index (Phi) is 5.63. The molecule has 0 aromatic rings. The molecule has 1 atom stereocenters. The van der Waals surface area contributed by atoms with Crippen molar-refractivity contribution in [1.29, 1.82) is 0 Å². The lowest BCUT2D eigenvalue weighted by Crippen LogP contribution is -2.49. The lowest BCUT2D eigenvalue weighted by molar-refractivity contribution is 0.381. The van der Waals surface area contributed by atoms with Crippen molar-refractivity contribution >= 4 is 9.84 Å². The minimum atomic E-state index is -3.02. The van der Waals surface area contributed by atoms with Crippen molar-refractivity contribution in [3.8, 4) is 0 Å². The van der Waals surface area contributed by atoms with Crippen molar-refractivity contribution < 1.29 is 8.42 Å². The van der Waals surface area contributed by atoms with Crippen LogP contribution in [0.5, 0.6) is 0 Å². The van der Waals surface area contributed by atoms with Crippen LogP contribution in [0.1, 0.15) is 41.5 Å². The van der Waals surface area contributed by atoms with Crippen LogP contribution in [0.4, 0.5) is 0 Å². The van der Waals surface area contributed by atoms with E-state index in [0.29, 0.717) is 6.54 Å². The Labute approximate surface area is 106 Å². The molecule has 0 heterocycles. The van der Waals surface area contributed by atoms with Gasteiger partial charge in [0.2, 0.25) is 0 Å². The van der Waals surface area contributed by atoms with Crippen molar-refractivity contribution in [3.05, 3.63) is 0 Å². The Morgan fingerprint density at radius 2 is 1.59 bits per heavy atom. The Bertz CT molecular complexity index is 329. The first-order valence-electron chi connectivity index (χ1n) is 6.03. The molecule has 0 amide bonds. The topological polar surface area (TPSA) is 58.2 Å². The van der Waals surface area contributed by atoms with Gasteiger partial charge in [-0.15, -0.1) is 0 Å². The minimum absolute atomic E-state index is 0.0856. The quantitative estimate of drug-likeness (QED) is 0.756. The van der Waals surface area contributed by atoms with Crippen molar-refractivity contribution in [2.75, 3.05) is 19.3 Å². The molecule has 17 heavy (non-hydrogen) atoms. The molecule has 0 rings (SSSR count). The summed E-state index contributed by atoms with van der Waals surface area (Å²) in [5.41, 5.74) is 0.0856. The molecular formula is C12H28N2O2S. The number of rotatable bonds is 6. The first-order valence-corrected chi connectivity index (χ1v) is 7.92. The fraction of sp³-hybridized carbons (Fsp3) is 1.00. The third-order valence-corrected chi connectivity index (χ3v) is 4.97. The van der Waals surface area contributed by atoms with E-state index in [0.717, 1.165) is 6.54 Å². The molecule has 104 valence electrons. The number of hydrogen-bond donors (Lipinski definition) is 2. The zero-order chi connectivity index (χ0) is 13.9. The monoisotopic (exact) mass is 264 g/mol. The van der Waals surface area contributed by atoms with Crippen LogP contribution in [0, 0.1) is 0 Å². The summed E-state index contributed by atoms with van der Waals surface area (Å²) in [6.07, 6.45) is 1.28. The normalized spacial score (nSPS) is 15.9. The summed E-state index contributed by atoms with van der Waals surface area (Å²) in [6, 6.07) is 0.246. The second-order valence-corrected chi connectivity index (χ2v) is 9.09. The Morgan fingerprint density at radius 3 is 1.94 bits per heavy atom. The van der Waals surface area contributed by atoms with Gasteiger partial charge in [0.15, 0.2) is 9.84 Å². The van der Waals surface area contributed by atoms with E-state index in [1.807, 2.05) is 0 Å². The molecule has 0 bridgehead atoms. The highest BCUT2D eigenvalue weighted by atomic mass is 32.2. The molecular weight excluding hydrogens is 236 g/mol. The number of nitrogens with one attached hydrogen (secondary N) is 2. The van der Waals surface area contributed by atoms with E-state index >= 15 is 0 Å². The second kappa shape index (κ2) is 5.67. The maximum atomic E-state index is 11.5. The molecule has 5 heteroatoms. The van der Waals surface area contributed by atoms with E-state index < -0.39 is 14.6 Å². The average Bonchev–Trinajstić information content (AvgIpc) is 2.08. The van der Waals surface area contributed by atoms with Crippen LogP contribution in [-0.4, -0.2) is 44.1 Å². The lowest BCUT2D eigenvalue weighted by atomic mass is 10.1. The van der Waals surface area contributed by atoms with Crippen LogP contribution >= 0.6 is 0 Å². The van der Waals surface area contributed by atoms with Gasteiger partial charge in [-0.3, -0.25) is 0 Å². The van der Waals surface area contributed by atoms with Gasteiger partial charge in [-0.2, -0.15) is 0 Å². The summed E-state index contributed by atoms with van der Waals surface area (Å²) in [6.45, 7) is 13.2. The van der Waals surface area contributed by atoms with Crippen molar-refractivity contribution in [2.45, 2.75) is 57.9 Å². The highest BCUT2D eigenvalue weighted by molar-refractivity contribution is 7.92. The molecule has 4 nitrogen and oxygen atoms in total. The molecule has 0 saturated carbocycles. The van der Waals surface area contributed by atoms with Crippen LogP contribution in [-0.2, 0) is 9.84 Å². The zero-order valence-electron chi connectivity index (χ0n) is 12.2. The maximum Gasteiger partial charge on any atom is 0.153 e. The molecule has 0 saturated heterocycles. The predicted octanol–water partition coefficient (Wildman–Crippen LogP) is 1.18. The molecule has 0 aliphatic rings. The summed E-state index contributed by atoms with van der Waals surface area (Å²) in [5, 5.41) is 6.65. The summed E-state index contributed by atoms with van der Waals surface area (Å²) < 4.78 is 22.3. The molecule has 0 aromatic carbocycles. The predicted molar refractivity (Wildman–Crippen MR) is 74.1 cm³/mol. The van der Waals surface area contributed by atoms with E-state index in [1.54, 1.807) is 13.8 Å². The fourth-order valence-electron chi connectivity index (χ4n) is 1.08. The van der Waals surface area contributed by atoms with Gasteiger partial charge in [0.1, 0.15) is 0 Å². The summed E-state index contributed by atoms with van der Waals surface area (Å²) in [5.74, 6) is 0. The van der Waals surface area contributed by atoms with E-state index in [-0.39, 0.29) is 11.6 Å². The van der Waals surface area contributed by atoms with Gasteiger partial charge in [0.25, 0.3) is 0 Å². The van der Waals surface area contributed by atoms with Gasteiger partial charge in [-0.05, 0) is 41.5 Å². The minimum Gasteiger partial charge on any atom is -0.311 e. The van der Waals surface area contributed by atoms with Gasteiger partial charge in [0, 0.05) is 30.9 Å². The van der Waals surface area contributed by atoms with E-state index in [2.05, 4.69) is 38.3 Å². The summed E-state index contributed by atoms with van der Waals surface area (Å²) in [7, 11) is -3.02. The maximum absolute atomic E-state index is 11.5. The average molecular weight is 264 g/mol. The molecule has 2 N–H and O–H groups in total. The van der Waals surface area contributed by atoms with E-state index in [4.69, 9.17) is 0 Å². The summed E-state index contributed by atoms with van der Waals surface area (Å²) >= 11 is 0. The Balaban J connectivity index is 4.13. The van der Waals surface area contributed by atoms with Crippen LogP contribution < -0.4 is 10.6 Å².